The van der Waals surface area contributed by atoms with E-state index in [1.807, 2.05) is 58.0 Å². The Balaban J connectivity index is 1.82. The fraction of sp³-hybridized carbons (Fsp3) is 0.300. The third-order valence-corrected chi connectivity index (χ3v) is 3.74. The fourth-order valence-corrected chi connectivity index (χ4v) is 2.60. The molecule has 0 fully saturated rings. The van der Waals surface area contributed by atoms with Crippen molar-refractivity contribution in [2.75, 3.05) is 18.5 Å². The maximum atomic E-state index is 12.0. The molecular weight excluding hydrogens is 318 g/mol. The van der Waals surface area contributed by atoms with E-state index in [0.29, 0.717) is 5.75 Å². The molecule has 25 heavy (non-hydrogen) atoms. The van der Waals surface area contributed by atoms with Gasteiger partial charge in [-0.05, 0) is 50.5 Å². The average Bonchev–Trinajstić information content (AvgIpc) is 2.55. The number of carbonyl (C=O) groups excluding carboxylic acids is 2. The van der Waals surface area contributed by atoms with Gasteiger partial charge in [0.1, 0.15) is 5.75 Å². The van der Waals surface area contributed by atoms with Crippen molar-refractivity contribution in [3.05, 3.63) is 58.7 Å². The van der Waals surface area contributed by atoms with Crippen molar-refractivity contribution in [1.82, 2.24) is 0 Å². The van der Waals surface area contributed by atoms with E-state index >= 15 is 0 Å². The highest BCUT2D eigenvalue weighted by Crippen LogP contribution is 2.21. The fourth-order valence-electron chi connectivity index (χ4n) is 2.60. The summed E-state index contributed by atoms with van der Waals surface area (Å²) in [7, 11) is 0. The first-order chi connectivity index (χ1) is 11.9. The topological polar surface area (TPSA) is 64.6 Å². The third-order valence-electron chi connectivity index (χ3n) is 3.74. The van der Waals surface area contributed by atoms with Gasteiger partial charge in [0.25, 0.3) is 5.91 Å². The van der Waals surface area contributed by atoms with Crippen LogP contribution in [0.25, 0.3) is 0 Å². The molecule has 2 aromatic carbocycles. The molecule has 132 valence electrons. The van der Waals surface area contributed by atoms with E-state index < -0.39 is 5.97 Å². The van der Waals surface area contributed by atoms with Gasteiger partial charge in [-0.25, -0.2) is 4.79 Å². The molecule has 2 aromatic rings. The quantitative estimate of drug-likeness (QED) is 0.817. The molecule has 0 saturated heterocycles. The number of nitrogens with one attached hydrogen (secondary N) is 1. The molecule has 0 spiro atoms. The van der Waals surface area contributed by atoms with Crippen molar-refractivity contribution in [1.29, 1.82) is 0 Å². The Kier molecular flexibility index (Phi) is 6.17. The molecular formula is C20H23NO4. The summed E-state index contributed by atoms with van der Waals surface area (Å²) in [4.78, 5) is 23.7. The lowest BCUT2D eigenvalue weighted by Gasteiger charge is -2.13. The van der Waals surface area contributed by atoms with Crippen LogP contribution in [0.2, 0.25) is 0 Å². The van der Waals surface area contributed by atoms with E-state index in [1.54, 1.807) is 6.07 Å². The normalized spacial score (nSPS) is 10.2. The lowest BCUT2D eigenvalue weighted by molar-refractivity contribution is -0.149. The molecule has 1 N–H and O–H groups in total. The van der Waals surface area contributed by atoms with Crippen LogP contribution in [-0.2, 0) is 14.3 Å². The Morgan fingerprint density at radius 1 is 0.920 bits per heavy atom. The number of anilines is 1. The Morgan fingerprint density at radius 3 is 2.20 bits per heavy atom. The number of esters is 1. The van der Waals surface area contributed by atoms with Crippen LogP contribution in [0, 0.1) is 27.7 Å². The van der Waals surface area contributed by atoms with E-state index in [4.69, 9.17) is 9.47 Å². The Labute approximate surface area is 148 Å². The van der Waals surface area contributed by atoms with E-state index in [9.17, 15) is 9.59 Å². The minimum Gasteiger partial charge on any atom is -0.482 e. The minimum atomic E-state index is -0.587. The highest BCUT2D eigenvalue weighted by atomic mass is 16.6. The number of hydrogen-bond donors (Lipinski definition) is 1. The maximum absolute atomic E-state index is 12.0. The Bertz CT molecular complexity index is 760. The Hall–Kier alpha value is -2.82. The van der Waals surface area contributed by atoms with Crippen LogP contribution < -0.4 is 10.1 Å². The van der Waals surface area contributed by atoms with Crippen molar-refractivity contribution in [2.45, 2.75) is 27.7 Å². The number of carbonyl (C=O) groups is 2. The predicted molar refractivity (Wildman–Crippen MR) is 96.9 cm³/mol. The van der Waals surface area contributed by atoms with E-state index in [-0.39, 0.29) is 19.1 Å². The summed E-state index contributed by atoms with van der Waals surface area (Å²) in [5.74, 6) is -0.343. The number of ether oxygens (including phenoxy) is 2. The number of hydrogen-bond acceptors (Lipinski definition) is 4. The lowest BCUT2D eigenvalue weighted by atomic mass is 10.1. The molecule has 0 heterocycles. The first kappa shape index (κ1) is 18.5. The molecule has 0 saturated carbocycles. The molecule has 0 aliphatic heterocycles. The van der Waals surface area contributed by atoms with Crippen LogP contribution in [0.3, 0.4) is 0 Å². The molecule has 2 rings (SSSR count). The summed E-state index contributed by atoms with van der Waals surface area (Å²) in [5, 5.41) is 2.79. The zero-order valence-corrected chi connectivity index (χ0v) is 15.0. The first-order valence-electron chi connectivity index (χ1n) is 8.08. The van der Waals surface area contributed by atoms with Crippen LogP contribution in [0.4, 0.5) is 5.69 Å². The summed E-state index contributed by atoms with van der Waals surface area (Å²) >= 11 is 0. The molecule has 0 aliphatic carbocycles. The van der Waals surface area contributed by atoms with Gasteiger partial charge in [-0.15, -0.1) is 0 Å². The number of rotatable bonds is 6. The van der Waals surface area contributed by atoms with E-state index in [1.165, 1.54) is 0 Å². The van der Waals surface area contributed by atoms with Crippen molar-refractivity contribution in [2.24, 2.45) is 0 Å². The third kappa shape index (κ3) is 5.35. The van der Waals surface area contributed by atoms with Crippen LogP contribution in [0.15, 0.2) is 36.4 Å². The van der Waals surface area contributed by atoms with Gasteiger partial charge in [-0.1, -0.05) is 35.9 Å². The van der Waals surface area contributed by atoms with Crippen LogP contribution in [0.1, 0.15) is 22.3 Å². The lowest BCUT2D eigenvalue weighted by Crippen LogP contribution is -2.24. The highest BCUT2D eigenvalue weighted by Gasteiger charge is 2.12. The summed E-state index contributed by atoms with van der Waals surface area (Å²) < 4.78 is 10.4. The number of benzene rings is 2. The number of aryl methyl sites for hydroxylation is 4. The van der Waals surface area contributed by atoms with Crippen molar-refractivity contribution in [3.63, 3.8) is 0 Å². The second-order valence-electron chi connectivity index (χ2n) is 6.04. The Morgan fingerprint density at radius 2 is 1.56 bits per heavy atom. The van der Waals surface area contributed by atoms with Gasteiger partial charge in [0.2, 0.25) is 0 Å². The molecule has 1 amide bonds. The van der Waals surface area contributed by atoms with Crippen LogP contribution >= 0.6 is 0 Å². The number of para-hydroxylation sites is 1. The summed E-state index contributed by atoms with van der Waals surface area (Å²) in [5.41, 5.74) is 4.76. The molecule has 0 radical (unpaired) electrons. The molecule has 0 atom stereocenters. The van der Waals surface area contributed by atoms with Gasteiger partial charge in [-0.2, -0.15) is 0 Å². The molecule has 5 heteroatoms. The minimum absolute atomic E-state index is 0.235. The highest BCUT2D eigenvalue weighted by molar-refractivity contribution is 5.94. The first-order valence-corrected chi connectivity index (χ1v) is 8.08. The molecule has 0 aliphatic rings. The van der Waals surface area contributed by atoms with Gasteiger partial charge in [-0.3, -0.25) is 4.79 Å². The van der Waals surface area contributed by atoms with Gasteiger partial charge in [0.15, 0.2) is 13.2 Å². The van der Waals surface area contributed by atoms with Gasteiger partial charge in [0, 0.05) is 5.69 Å². The monoisotopic (exact) mass is 341 g/mol. The maximum Gasteiger partial charge on any atom is 0.344 e. The molecule has 0 bridgehead atoms. The van der Waals surface area contributed by atoms with Crippen molar-refractivity contribution in [3.8, 4) is 5.75 Å². The van der Waals surface area contributed by atoms with E-state index in [0.717, 1.165) is 27.9 Å². The smallest absolute Gasteiger partial charge is 0.344 e. The summed E-state index contributed by atoms with van der Waals surface area (Å²) in [6.07, 6.45) is 0. The van der Waals surface area contributed by atoms with E-state index in [2.05, 4.69) is 5.32 Å². The SMILES string of the molecule is Cc1cc(C)c(NC(=O)COC(=O)COc2ccccc2C)c(C)c1. The van der Waals surface area contributed by atoms with Gasteiger partial charge in [0.05, 0.1) is 0 Å². The van der Waals surface area contributed by atoms with Gasteiger partial charge >= 0.3 is 5.97 Å². The van der Waals surface area contributed by atoms with Crippen LogP contribution in [-0.4, -0.2) is 25.1 Å². The van der Waals surface area contributed by atoms with Crippen LogP contribution in [0.5, 0.6) is 5.75 Å². The standard InChI is InChI=1S/C20H23NO4/c1-13-9-15(3)20(16(4)10-13)21-18(22)11-25-19(23)12-24-17-8-6-5-7-14(17)2/h5-10H,11-12H2,1-4H3,(H,21,22). The average molecular weight is 341 g/mol. The zero-order valence-electron chi connectivity index (χ0n) is 15.0. The van der Waals surface area contributed by atoms with Crippen molar-refractivity contribution < 1.29 is 19.1 Å². The summed E-state index contributed by atoms with van der Waals surface area (Å²) in [6, 6.07) is 11.4. The zero-order chi connectivity index (χ0) is 18.4. The summed E-state index contributed by atoms with van der Waals surface area (Å²) in [6.45, 7) is 7.17. The molecule has 5 nitrogen and oxygen atoms in total. The molecule has 0 unspecified atom stereocenters. The second-order valence-corrected chi connectivity index (χ2v) is 6.04. The second kappa shape index (κ2) is 8.33. The molecule has 0 aromatic heterocycles. The van der Waals surface area contributed by atoms with Crippen molar-refractivity contribution >= 4 is 17.6 Å². The largest absolute Gasteiger partial charge is 0.482 e. The number of amides is 1. The predicted octanol–water partition coefficient (Wildman–Crippen LogP) is 3.48. The van der Waals surface area contributed by atoms with Gasteiger partial charge < -0.3 is 14.8 Å².